The van der Waals surface area contributed by atoms with Gasteiger partial charge in [0.25, 0.3) is 5.91 Å². The number of aromatic nitrogens is 2. The average Bonchev–Trinajstić information content (AvgIpc) is 2.59. The number of halogens is 1. The summed E-state index contributed by atoms with van der Waals surface area (Å²) < 4.78 is 18.1. The highest BCUT2D eigenvalue weighted by Crippen LogP contribution is 2.11. The zero-order valence-electron chi connectivity index (χ0n) is 12.7. The third kappa shape index (κ3) is 5.31. The molecule has 0 fully saturated rings. The zero-order valence-corrected chi connectivity index (χ0v) is 12.7. The van der Waals surface area contributed by atoms with Crippen molar-refractivity contribution in [3.8, 4) is 5.75 Å². The van der Waals surface area contributed by atoms with Crippen LogP contribution in [-0.2, 0) is 0 Å². The Morgan fingerprint density at radius 2 is 1.75 bits per heavy atom. The van der Waals surface area contributed by atoms with E-state index in [1.807, 2.05) is 0 Å². The Balaban J connectivity index is 1.64. The molecule has 1 amide bonds. The highest BCUT2D eigenvalue weighted by Gasteiger charge is 2.10. The number of nitrogens with one attached hydrogen (secondary N) is 1. The minimum atomic E-state index is -1.20. The number of rotatable bonds is 8. The molecule has 0 saturated carbocycles. The number of ether oxygens (including phenoxy) is 1. The minimum absolute atomic E-state index is 0.0579. The van der Waals surface area contributed by atoms with Crippen molar-refractivity contribution in [3.63, 3.8) is 0 Å². The molecule has 0 bridgehead atoms. The van der Waals surface area contributed by atoms with Crippen LogP contribution in [-0.4, -0.2) is 40.1 Å². The Kier molecular flexibility index (Phi) is 6.18. The summed E-state index contributed by atoms with van der Waals surface area (Å²) in [5.74, 6) is -1.34. The molecule has 0 aliphatic rings. The first-order valence-corrected chi connectivity index (χ1v) is 7.28. The summed E-state index contributed by atoms with van der Waals surface area (Å²) in [6, 6.07) is 5.76. The molecule has 2 N–H and O–H groups in total. The summed E-state index contributed by atoms with van der Waals surface area (Å²) in [4.78, 5) is 29.8. The van der Waals surface area contributed by atoms with Crippen molar-refractivity contribution >= 4 is 11.9 Å². The van der Waals surface area contributed by atoms with Gasteiger partial charge in [-0.1, -0.05) is 0 Å². The lowest BCUT2D eigenvalue weighted by Gasteiger charge is -2.07. The quantitative estimate of drug-likeness (QED) is 0.716. The summed E-state index contributed by atoms with van der Waals surface area (Å²) in [5.41, 5.74) is -0.160. The largest absolute Gasteiger partial charge is 0.494 e. The topological polar surface area (TPSA) is 101 Å². The van der Waals surface area contributed by atoms with E-state index in [1.165, 1.54) is 12.1 Å². The van der Waals surface area contributed by atoms with Crippen molar-refractivity contribution in [1.82, 2.24) is 15.3 Å². The van der Waals surface area contributed by atoms with E-state index >= 15 is 0 Å². The van der Waals surface area contributed by atoms with E-state index in [1.54, 1.807) is 12.1 Å². The Hall–Kier alpha value is -3.03. The van der Waals surface area contributed by atoms with Crippen LogP contribution in [0.4, 0.5) is 4.39 Å². The third-order valence-corrected chi connectivity index (χ3v) is 3.04. The van der Waals surface area contributed by atoms with Gasteiger partial charge in [0.15, 0.2) is 5.69 Å². The van der Waals surface area contributed by atoms with Crippen molar-refractivity contribution in [3.05, 3.63) is 53.9 Å². The summed E-state index contributed by atoms with van der Waals surface area (Å²) in [5, 5.41) is 11.4. The summed E-state index contributed by atoms with van der Waals surface area (Å²) >= 11 is 0. The molecule has 2 aromatic rings. The van der Waals surface area contributed by atoms with E-state index in [0.29, 0.717) is 31.7 Å². The van der Waals surface area contributed by atoms with Crippen molar-refractivity contribution in [2.45, 2.75) is 12.8 Å². The highest BCUT2D eigenvalue weighted by atomic mass is 19.1. The van der Waals surface area contributed by atoms with Crippen LogP contribution in [0.15, 0.2) is 36.7 Å². The molecule has 7 nitrogen and oxygen atoms in total. The van der Waals surface area contributed by atoms with Gasteiger partial charge in [-0.25, -0.2) is 19.2 Å². The van der Waals surface area contributed by atoms with Gasteiger partial charge < -0.3 is 15.2 Å². The molecule has 0 atom stereocenters. The molecular formula is C16H16FN3O4. The second-order valence-electron chi connectivity index (χ2n) is 4.86. The fourth-order valence-electron chi connectivity index (χ4n) is 1.80. The Morgan fingerprint density at radius 3 is 2.38 bits per heavy atom. The van der Waals surface area contributed by atoms with Crippen LogP contribution in [0.3, 0.4) is 0 Å². The lowest BCUT2D eigenvalue weighted by atomic mass is 10.3. The minimum Gasteiger partial charge on any atom is -0.494 e. The van der Waals surface area contributed by atoms with Crippen LogP contribution in [0.25, 0.3) is 0 Å². The molecule has 24 heavy (non-hydrogen) atoms. The number of amides is 1. The molecule has 1 aromatic heterocycles. The summed E-state index contributed by atoms with van der Waals surface area (Å²) in [6.45, 7) is 0.878. The van der Waals surface area contributed by atoms with E-state index in [9.17, 15) is 14.0 Å². The second-order valence-corrected chi connectivity index (χ2v) is 4.86. The van der Waals surface area contributed by atoms with E-state index in [-0.39, 0.29) is 17.2 Å². The van der Waals surface area contributed by atoms with Crippen LogP contribution in [0.1, 0.15) is 33.8 Å². The number of nitrogens with zero attached hydrogens (tertiary/aromatic N) is 2. The fraction of sp³-hybridized carbons (Fsp3) is 0.250. The molecule has 2 rings (SSSR count). The number of hydrogen-bond donors (Lipinski definition) is 2. The van der Waals surface area contributed by atoms with Crippen molar-refractivity contribution in [2.24, 2.45) is 0 Å². The number of benzene rings is 1. The van der Waals surface area contributed by atoms with Crippen molar-refractivity contribution in [2.75, 3.05) is 13.2 Å². The number of carbonyl (C=O) groups excluding carboxylic acids is 1. The third-order valence-electron chi connectivity index (χ3n) is 3.04. The van der Waals surface area contributed by atoms with Gasteiger partial charge in [0.1, 0.15) is 17.3 Å². The molecular weight excluding hydrogens is 317 g/mol. The van der Waals surface area contributed by atoms with Crippen LogP contribution in [0.5, 0.6) is 5.75 Å². The Bertz CT molecular complexity index is 689. The SMILES string of the molecule is O=C(O)c1cnc(C(=O)NCCCCOc2ccc(F)cc2)cn1. The van der Waals surface area contributed by atoms with Crippen molar-refractivity contribution in [1.29, 1.82) is 0 Å². The van der Waals surface area contributed by atoms with Gasteiger partial charge in [-0.15, -0.1) is 0 Å². The summed E-state index contributed by atoms with van der Waals surface area (Å²) in [7, 11) is 0. The monoisotopic (exact) mass is 333 g/mol. The number of unbranched alkanes of at least 4 members (excludes halogenated alkanes) is 1. The van der Waals surface area contributed by atoms with Gasteiger partial charge in [-0.2, -0.15) is 0 Å². The van der Waals surface area contributed by atoms with Gasteiger partial charge in [0, 0.05) is 6.54 Å². The maximum Gasteiger partial charge on any atom is 0.356 e. The van der Waals surface area contributed by atoms with Gasteiger partial charge in [0.2, 0.25) is 0 Å². The molecule has 0 unspecified atom stereocenters. The standard InChI is InChI=1S/C16H16FN3O4/c17-11-3-5-12(6-4-11)24-8-2-1-7-18-15(21)13-9-20-14(10-19-13)16(22)23/h3-6,9-10H,1-2,7-8H2,(H,18,21)(H,22,23). The number of carboxylic acid groups (broad SMARTS) is 1. The van der Waals surface area contributed by atoms with E-state index in [0.717, 1.165) is 12.4 Å². The predicted octanol–water partition coefficient (Wildman–Crippen LogP) is 1.90. The average molecular weight is 333 g/mol. The number of carboxylic acids is 1. The van der Waals surface area contributed by atoms with Gasteiger partial charge in [0.05, 0.1) is 19.0 Å². The van der Waals surface area contributed by atoms with Gasteiger partial charge in [-0.3, -0.25) is 4.79 Å². The van der Waals surface area contributed by atoms with Crippen molar-refractivity contribution < 1.29 is 23.8 Å². The number of aromatic carboxylic acids is 1. The van der Waals surface area contributed by atoms with E-state index < -0.39 is 11.9 Å². The normalized spacial score (nSPS) is 10.2. The van der Waals surface area contributed by atoms with E-state index in [2.05, 4.69) is 15.3 Å². The maximum absolute atomic E-state index is 12.7. The number of hydrogen-bond acceptors (Lipinski definition) is 5. The Labute approximate surface area is 137 Å². The molecule has 0 aliphatic carbocycles. The van der Waals surface area contributed by atoms with Crippen LogP contribution < -0.4 is 10.1 Å². The predicted molar refractivity (Wildman–Crippen MR) is 82.5 cm³/mol. The smallest absolute Gasteiger partial charge is 0.356 e. The Morgan fingerprint density at radius 1 is 1.08 bits per heavy atom. The number of carbonyl (C=O) groups is 2. The molecule has 126 valence electrons. The molecule has 0 spiro atoms. The molecule has 8 heteroatoms. The fourth-order valence-corrected chi connectivity index (χ4v) is 1.80. The van der Waals surface area contributed by atoms with Gasteiger partial charge >= 0.3 is 5.97 Å². The van der Waals surface area contributed by atoms with E-state index in [4.69, 9.17) is 9.84 Å². The maximum atomic E-state index is 12.7. The lowest BCUT2D eigenvalue weighted by molar-refractivity contribution is 0.0689. The molecule has 0 saturated heterocycles. The summed E-state index contributed by atoms with van der Waals surface area (Å²) in [6.07, 6.45) is 3.55. The molecule has 1 heterocycles. The van der Waals surface area contributed by atoms with Crippen LogP contribution in [0, 0.1) is 5.82 Å². The highest BCUT2D eigenvalue weighted by molar-refractivity contribution is 5.92. The first-order valence-electron chi connectivity index (χ1n) is 7.28. The molecule has 1 aromatic carbocycles. The first kappa shape index (κ1) is 17.3. The van der Waals surface area contributed by atoms with Crippen LogP contribution >= 0.6 is 0 Å². The second kappa shape index (κ2) is 8.56. The lowest BCUT2D eigenvalue weighted by Crippen LogP contribution is -2.26. The van der Waals surface area contributed by atoms with Crippen LogP contribution in [0.2, 0.25) is 0 Å². The zero-order chi connectivity index (χ0) is 17.4. The molecule has 0 aliphatic heterocycles. The molecule has 0 radical (unpaired) electrons. The van der Waals surface area contributed by atoms with Gasteiger partial charge in [-0.05, 0) is 37.1 Å². The first-order chi connectivity index (χ1) is 11.6.